The van der Waals surface area contributed by atoms with Crippen LogP contribution in [0.5, 0.6) is 0 Å². The largest absolute Gasteiger partial charge is 0.296 e. The van der Waals surface area contributed by atoms with Gasteiger partial charge >= 0.3 is 0 Å². The zero-order chi connectivity index (χ0) is 14.2. The third kappa shape index (κ3) is 2.72. The minimum Gasteiger partial charge on any atom is -0.296 e. The van der Waals surface area contributed by atoms with Gasteiger partial charge in [0.1, 0.15) is 0 Å². The topological polar surface area (TPSA) is 3.24 Å². The summed E-state index contributed by atoms with van der Waals surface area (Å²) in [5.41, 5.74) is 9.06. The normalized spacial score (nSPS) is 20.8. The maximum Gasteiger partial charge on any atom is 0.0242 e. The van der Waals surface area contributed by atoms with Crippen molar-refractivity contribution in [3.63, 3.8) is 0 Å². The van der Waals surface area contributed by atoms with Crippen LogP contribution in [-0.2, 0) is 6.54 Å². The molecule has 0 aliphatic carbocycles. The molecular formula is C18H29N. The van der Waals surface area contributed by atoms with Crippen molar-refractivity contribution in [2.75, 3.05) is 6.54 Å². The second kappa shape index (κ2) is 5.66. The van der Waals surface area contributed by atoms with E-state index in [-0.39, 0.29) is 0 Å². The lowest BCUT2D eigenvalue weighted by molar-refractivity contribution is 0.152. The van der Waals surface area contributed by atoms with Crippen LogP contribution in [0.2, 0.25) is 0 Å². The fourth-order valence-electron chi connectivity index (χ4n) is 3.41. The third-order valence-corrected chi connectivity index (χ3v) is 5.46. The van der Waals surface area contributed by atoms with Gasteiger partial charge in [-0.05, 0) is 94.3 Å². The molecule has 2 rings (SSSR count). The molecule has 106 valence electrons. The lowest BCUT2D eigenvalue weighted by Gasteiger charge is -2.34. The van der Waals surface area contributed by atoms with Crippen molar-refractivity contribution >= 4 is 0 Å². The molecule has 0 amide bonds. The molecule has 0 N–H and O–H groups in total. The zero-order valence-electron chi connectivity index (χ0n) is 13.6. The van der Waals surface area contributed by atoms with Gasteiger partial charge in [0.15, 0.2) is 0 Å². The van der Waals surface area contributed by atoms with Gasteiger partial charge < -0.3 is 0 Å². The Labute approximate surface area is 119 Å². The summed E-state index contributed by atoms with van der Waals surface area (Å²) in [6.45, 7) is 16.2. The first-order chi connectivity index (χ1) is 8.93. The number of piperidine rings is 1. The van der Waals surface area contributed by atoms with E-state index in [1.807, 2.05) is 0 Å². The van der Waals surface area contributed by atoms with Gasteiger partial charge in [-0.1, -0.05) is 6.42 Å². The van der Waals surface area contributed by atoms with Gasteiger partial charge in [-0.25, -0.2) is 0 Å². The van der Waals surface area contributed by atoms with E-state index < -0.39 is 0 Å². The van der Waals surface area contributed by atoms with E-state index in [0.29, 0.717) is 0 Å². The molecule has 1 heterocycles. The molecule has 1 fully saturated rings. The van der Waals surface area contributed by atoms with E-state index in [4.69, 9.17) is 0 Å². The number of nitrogens with zero attached hydrogens (tertiary/aromatic N) is 1. The summed E-state index contributed by atoms with van der Waals surface area (Å²) >= 11 is 0. The van der Waals surface area contributed by atoms with Gasteiger partial charge in [0.25, 0.3) is 0 Å². The van der Waals surface area contributed by atoms with Crippen LogP contribution in [0.4, 0.5) is 0 Å². The molecule has 1 heteroatoms. The van der Waals surface area contributed by atoms with Gasteiger partial charge in [0.2, 0.25) is 0 Å². The number of hydrogen-bond donors (Lipinski definition) is 0. The van der Waals surface area contributed by atoms with E-state index >= 15 is 0 Å². The summed E-state index contributed by atoms with van der Waals surface area (Å²) < 4.78 is 0. The number of rotatable bonds is 2. The van der Waals surface area contributed by atoms with Crippen LogP contribution in [0.25, 0.3) is 0 Å². The standard InChI is InChI=1S/C18H29N/c1-12-9-7-8-10-19(12)11-18-16(5)14(3)13(2)15(4)17(18)6/h12H,7-11H2,1-6H3. The smallest absolute Gasteiger partial charge is 0.0242 e. The van der Waals surface area contributed by atoms with E-state index in [9.17, 15) is 0 Å². The first kappa shape index (κ1) is 14.6. The van der Waals surface area contributed by atoms with Gasteiger partial charge in [0.05, 0.1) is 0 Å². The molecule has 1 aromatic rings. The van der Waals surface area contributed by atoms with Crippen molar-refractivity contribution < 1.29 is 0 Å². The lowest BCUT2D eigenvalue weighted by atomic mass is 9.89. The van der Waals surface area contributed by atoms with Crippen molar-refractivity contribution in [2.45, 2.75) is 73.4 Å². The number of likely N-dealkylation sites (tertiary alicyclic amines) is 1. The minimum absolute atomic E-state index is 0.745. The molecule has 1 aliphatic rings. The van der Waals surface area contributed by atoms with Crippen LogP contribution in [0.3, 0.4) is 0 Å². The number of benzene rings is 1. The van der Waals surface area contributed by atoms with Crippen LogP contribution < -0.4 is 0 Å². The van der Waals surface area contributed by atoms with Gasteiger partial charge in [0, 0.05) is 12.6 Å². The Hall–Kier alpha value is -0.820. The number of hydrogen-bond acceptors (Lipinski definition) is 1. The maximum absolute atomic E-state index is 2.67. The predicted octanol–water partition coefficient (Wildman–Crippen LogP) is 4.60. The maximum atomic E-state index is 2.67. The molecule has 1 unspecified atom stereocenters. The Balaban J connectivity index is 2.34. The first-order valence-electron chi connectivity index (χ1n) is 7.73. The van der Waals surface area contributed by atoms with Crippen LogP contribution in [-0.4, -0.2) is 17.5 Å². The Morgan fingerprint density at radius 2 is 1.37 bits per heavy atom. The summed E-state index contributed by atoms with van der Waals surface area (Å²) in [5.74, 6) is 0. The Morgan fingerprint density at radius 1 is 0.842 bits per heavy atom. The molecule has 19 heavy (non-hydrogen) atoms. The van der Waals surface area contributed by atoms with Crippen molar-refractivity contribution in [1.82, 2.24) is 4.90 Å². The average molecular weight is 259 g/mol. The summed E-state index contributed by atoms with van der Waals surface area (Å²) in [6, 6.07) is 0.745. The first-order valence-corrected chi connectivity index (χ1v) is 7.73. The highest BCUT2D eigenvalue weighted by atomic mass is 15.2. The molecule has 1 saturated heterocycles. The molecule has 0 radical (unpaired) electrons. The van der Waals surface area contributed by atoms with Crippen molar-refractivity contribution in [3.8, 4) is 0 Å². The molecular weight excluding hydrogens is 230 g/mol. The van der Waals surface area contributed by atoms with E-state index in [1.54, 1.807) is 5.56 Å². The summed E-state index contributed by atoms with van der Waals surface area (Å²) in [5, 5.41) is 0. The van der Waals surface area contributed by atoms with E-state index in [0.717, 1.165) is 12.6 Å². The molecule has 1 atom stereocenters. The second-order valence-electron chi connectivity index (χ2n) is 6.42. The molecule has 1 nitrogen and oxygen atoms in total. The van der Waals surface area contributed by atoms with Gasteiger partial charge in [-0.2, -0.15) is 0 Å². The molecule has 0 spiro atoms. The lowest BCUT2D eigenvalue weighted by Crippen LogP contribution is -2.37. The summed E-state index contributed by atoms with van der Waals surface area (Å²) in [7, 11) is 0. The fourth-order valence-corrected chi connectivity index (χ4v) is 3.41. The van der Waals surface area contributed by atoms with Crippen LogP contribution >= 0.6 is 0 Å². The van der Waals surface area contributed by atoms with Crippen molar-refractivity contribution in [1.29, 1.82) is 0 Å². The molecule has 0 aromatic heterocycles. The quantitative estimate of drug-likeness (QED) is 0.750. The van der Waals surface area contributed by atoms with Crippen LogP contribution in [0, 0.1) is 34.6 Å². The average Bonchev–Trinajstić information content (AvgIpc) is 2.41. The molecule has 0 saturated carbocycles. The van der Waals surface area contributed by atoms with Crippen molar-refractivity contribution in [3.05, 3.63) is 33.4 Å². The van der Waals surface area contributed by atoms with E-state index in [2.05, 4.69) is 46.4 Å². The summed E-state index contributed by atoms with van der Waals surface area (Å²) in [4.78, 5) is 2.67. The zero-order valence-corrected chi connectivity index (χ0v) is 13.6. The summed E-state index contributed by atoms with van der Waals surface area (Å²) in [6.07, 6.45) is 4.13. The highest BCUT2D eigenvalue weighted by Crippen LogP contribution is 2.28. The minimum atomic E-state index is 0.745. The van der Waals surface area contributed by atoms with E-state index in [1.165, 1.54) is 53.6 Å². The highest BCUT2D eigenvalue weighted by Gasteiger charge is 2.21. The van der Waals surface area contributed by atoms with Crippen LogP contribution in [0.1, 0.15) is 59.6 Å². The SMILES string of the molecule is Cc1c(C)c(C)c(CN2CCCCC2C)c(C)c1C. The predicted molar refractivity (Wildman–Crippen MR) is 83.9 cm³/mol. The fraction of sp³-hybridized carbons (Fsp3) is 0.667. The van der Waals surface area contributed by atoms with Gasteiger partial charge in [-0.3, -0.25) is 4.90 Å². The van der Waals surface area contributed by atoms with Gasteiger partial charge in [-0.15, -0.1) is 0 Å². The van der Waals surface area contributed by atoms with Crippen LogP contribution in [0.15, 0.2) is 0 Å². The Kier molecular flexibility index (Phi) is 4.35. The third-order valence-electron chi connectivity index (χ3n) is 5.46. The van der Waals surface area contributed by atoms with Crippen molar-refractivity contribution in [2.24, 2.45) is 0 Å². The monoisotopic (exact) mass is 259 g/mol. The Morgan fingerprint density at radius 3 is 1.89 bits per heavy atom. The highest BCUT2D eigenvalue weighted by molar-refractivity contribution is 5.49. The molecule has 0 bridgehead atoms. The second-order valence-corrected chi connectivity index (χ2v) is 6.42. The Bertz CT molecular complexity index is 444. The molecule has 1 aliphatic heterocycles. The molecule has 1 aromatic carbocycles.